The van der Waals surface area contributed by atoms with Crippen molar-refractivity contribution >= 4 is 41.2 Å². The van der Waals surface area contributed by atoms with E-state index in [0.29, 0.717) is 11.8 Å². The summed E-state index contributed by atoms with van der Waals surface area (Å²) >= 11 is 8.45. The molecule has 1 amide bonds. The molecule has 1 aromatic heterocycles. The van der Waals surface area contributed by atoms with Crippen molar-refractivity contribution in [2.45, 2.75) is 48.9 Å². The molecule has 2 heterocycles. The Balaban J connectivity index is 1.41. The first-order valence-corrected chi connectivity index (χ1v) is 11.5. The topological polar surface area (TPSA) is 38.1 Å². The molecule has 1 aliphatic carbocycles. The number of amides is 1. The maximum atomic E-state index is 12.8. The number of hydrogen-bond acceptors (Lipinski definition) is 5. The molecule has 26 heavy (non-hydrogen) atoms. The van der Waals surface area contributed by atoms with Gasteiger partial charge in [0, 0.05) is 12.6 Å². The molecule has 1 saturated heterocycles. The second kappa shape index (κ2) is 8.23. The maximum Gasteiger partial charge on any atom is 0.233 e. The normalized spacial score (nSPS) is 22.8. The Labute approximate surface area is 167 Å². The third kappa shape index (κ3) is 3.89. The summed E-state index contributed by atoms with van der Waals surface area (Å²) in [5, 5.41) is 4.60. The highest BCUT2D eigenvalue weighted by molar-refractivity contribution is 8.01. The van der Waals surface area contributed by atoms with Crippen LogP contribution in [0, 0.1) is 9.87 Å². The van der Waals surface area contributed by atoms with Crippen LogP contribution in [-0.4, -0.2) is 38.9 Å². The van der Waals surface area contributed by atoms with Crippen LogP contribution in [0.15, 0.2) is 34.7 Å². The van der Waals surface area contributed by atoms with E-state index in [1.54, 1.807) is 4.68 Å². The maximum absolute atomic E-state index is 12.8. The predicted octanol–water partition coefficient (Wildman–Crippen LogP) is 4.94. The fraction of sp³-hybridized carbons (Fsp3) is 0.526. The zero-order valence-electron chi connectivity index (χ0n) is 14.7. The fourth-order valence-electron chi connectivity index (χ4n) is 4.19. The second-order valence-electron chi connectivity index (χ2n) is 7.01. The SMILES string of the molecule is O=C(CSc1nn(-c2ccccc2)c(=S)s1)N1CCCC2CCCCC21. The highest BCUT2D eigenvalue weighted by Crippen LogP contribution is 2.36. The number of nitrogens with zero attached hydrogens (tertiary/aromatic N) is 3. The van der Waals surface area contributed by atoms with Gasteiger partial charge in [0.05, 0.1) is 11.4 Å². The first kappa shape index (κ1) is 18.2. The summed E-state index contributed by atoms with van der Waals surface area (Å²) in [5.74, 6) is 1.45. The van der Waals surface area contributed by atoms with E-state index in [1.807, 2.05) is 30.3 Å². The summed E-state index contributed by atoms with van der Waals surface area (Å²) in [6.45, 7) is 0.925. The quantitative estimate of drug-likeness (QED) is 0.534. The van der Waals surface area contributed by atoms with Gasteiger partial charge in [0.25, 0.3) is 0 Å². The van der Waals surface area contributed by atoms with E-state index in [1.165, 1.54) is 55.2 Å². The summed E-state index contributed by atoms with van der Waals surface area (Å²) in [5.41, 5.74) is 0.966. The Morgan fingerprint density at radius 2 is 1.96 bits per heavy atom. The van der Waals surface area contributed by atoms with Crippen molar-refractivity contribution in [3.05, 3.63) is 34.3 Å². The molecule has 7 heteroatoms. The molecular formula is C19H23N3OS3. The Hall–Kier alpha value is -1.18. The first-order valence-electron chi connectivity index (χ1n) is 9.30. The van der Waals surface area contributed by atoms with Gasteiger partial charge in [-0.25, -0.2) is 4.68 Å². The molecule has 1 saturated carbocycles. The average molecular weight is 406 g/mol. The smallest absolute Gasteiger partial charge is 0.233 e. The third-order valence-corrected chi connectivity index (χ3v) is 7.76. The van der Waals surface area contributed by atoms with E-state index in [0.717, 1.165) is 32.9 Å². The minimum atomic E-state index is 0.263. The molecule has 2 fully saturated rings. The summed E-state index contributed by atoms with van der Waals surface area (Å²) in [6, 6.07) is 10.4. The van der Waals surface area contributed by atoms with E-state index in [-0.39, 0.29) is 5.91 Å². The molecule has 1 aromatic carbocycles. The number of likely N-dealkylation sites (tertiary alicyclic amines) is 1. The van der Waals surface area contributed by atoms with Crippen LogP contribution in [0.25, 0.3) is 5.69 Å². The number of aromatic nitrogens is 2. The third-order valence-electron chi connectivity index (χ3n) is 5.41. The van der Waals surface area contributed by atoms with Crippen LogP contribution in [-0.2, 0) is 4.79 Å². The number of para-hydroxylation sites is 1. The summed E-state index contributed by atoms with van der Waals surface area (Å²) in [4.78, 5) is 15.0. The van der Waals surface area contributed by atoms with Crippen molar-refractivity contribution in [2.75, 3.05) is 12.3 Å². The lowest BCUT2D eigenvalue weighted by molar-refractivity contribution is -0.134. The number of thioether (sulfide) groups is 1. The second-order valence-corrected chi connectivity index (χ2v) is 9.86. The van der Waals surface area contributed by atoms with Gasteiger partial charge in [-0.1, -0.05) is 54.1 Å². The molecule has 4 rings (SSSR count). The molecule has 2 atom stereocenters. The van der Waals surface area contributed by atoms with Crippen molar-refractivity contribution in [3.8, 4) is 5.69 Å². The molecular weight excluding hydrogens is 382 g/mol. The van der Waals surface area contributed by atoms with Crippen molar-refractivity contribution in [1.82, 2.24) is 14.7 Å². The number of hydrogen-bond donors (Lipinski definition) is 0. The minimum absolute atomic E-state index is 0.263. The standard InChI is InChI=1S/C19H23N3OS3/c23-17(21-12-6-8-14-7-4-5-11-16(14)21)13-25-18-20-22(19(24)26-18)15-9-2-1-3-10-15/h1-3,9-10,14,16H,4-8,11-13H2. The van der Waals surface area contributed by atoms with Gasteiger partial charge in [0.2, 0.25) is 5.91 Å². The van der Waals surface area contributed by atoms with Crippen LogP contribution in [0.4, 0.5) is 0 Å². The summed E-state index contributed by atoms with van der Waals surface area (Å²) in [7, 11) is 0. The summed E-state index contributed by atoms with van der Waals surface area (Å²) in [6.07, 6.45) is 7.52. The van der Waals surface area contributed by atoms with Gasteiger partial charge in [0.15, 0.2) is 8.29 Å². The Bertz CT molecular complexity index is 815. The number of carbonyl (C=O) groups excluding carboxylic acids is 1. The number of carbonyl (C=O) groups is 1. The monoisotopic (exact) mass is 405 g/mol. The lowest BCUT2D eigenvalue weighted by Crippen LogP contribution is -2.50. The fourth-order valence-corrected chi connectivity index (χ4v) is 6.44. The van der Waals surface area contributed by atoms with Crippen LogP contribution in [0.2, 0.25) is 0 Å². The van der Waals surface area contributed by atoms with E-state index in [4.69, 9.17) is 12.2 Å². The van der Waals surface area contributed by atoms with Gasteiger partial charge in [-0.2, -0.15) is 0 Å². The van der Waals surface area contributed by atoms with Crippen LogP contribution >= 0.6 is 35.3 Å². The summed E-state index contributed by atoms with van der Waals surface area (Å²) < 4.78 is 3.37. The van der Waals surface area contributed by atoms with Crippen LogP contribution in [0.5, 0.6) is 0 Å². The predicted molar refractivity (Wildman–Crippen MR) is 110 cm³/mol. The van der Waals surface area contributed by atoms with Gasteiger partial charge in [-0.05, 0) is 56.0 Å². The van der Waals surface area contributed by atoms with Crippen molar-refractivity contribution < 1.29 is 4.79 Å². The molecule has 2 aromatic rings. The Kier molecular flexibility index (Phi) is 5.76. The highest BCUT2D eigenvalue weighted by Gasteiger charge is 2.35. The van der Waals surface area contributed by atoms with E-state index in [9.17, 15) is 4.79 Å². The molecule has 138 valence electrons. The zero-order valence-corrected chi connectivity index (χ0v) is 17.1. The number of rotatable bonds is 4. The lowest BCUT2D eigenvalue weighted by Gasteiger charge is -2.44. The van der Waals surface area contributed by atoms with Crippen molar-refractivity contribution in [1.29, 1.82) is 0 Å². The highest BCUT2D eigenvalue weighted by atomic mass is 32.2. The van der Waals surface area contributed by atoms with Gasteiger partial charge < -0.3 is 4.90 Å². The van der Waals surface area contributed by atoms with E-state index >= 15 is 0 Å². The molecule has 0 bridgehead atoms. The van der Waals surface area contributed by atoms with Gasteiger partial charge in [-0.3, -0.25) is 4.79 Å². The Morgan fingerprint density at radius 3 is 2.81 bits per heavy atom. The molecule has 1 aliphatic heterocycles. The largest absolute Gasteiger partial charge is 0.339 e. The minimum Gasteiger partial charge on any atom is -0.339 e. The van der Waals surface area contributed by atoms with Crippen LogP contribution in [0.1, 0.15) is 38.5 Å². The number of piperidine rings is 1. The average Bonchev–Trinajstić information content (AvgIpc) is 3.07. The van der Waals surface area contributed by atoms with Gasteiger partial charge >= 0.3 is 0 Å². The number of fused-ring (bicyclic) bond motifs is 1. The van der Waals surface area contributed by atoms with Gasteiger partial charge in [-0.15, -0.1) is 5.10 Å². The van der Waals surface area contributed by atoms with E-state index < -0.39 is 0 Å². The van der Waals surface area contributed by atoms with Crippen LogP contribution in [0.3, 0.4) is 0 Å². The molecule has 0 spiro atoms. The zero-order chi connectivity index (χ0) is 17.9. The Morgan fingerprint density at radius 1 is 1.19 bits per heavy atom. The first-order chi connectivity index (χ1) is 12.7. The van der Waals surface area contributed by atoms with Crippen molar-refractivity contribution in [2.24, 2.45) is 5.92 Å². The molecule has 4 nitrogen and oxygen atoms in total. The van der Waals surface area contributed by atoms with Crippen LogP contribution < -0.4 is 0 Å². The number of benzene rings is 1. The van der Waals surface area contributed by atoms with Crippen molar-refractivity contribution in [3.63, 3.8) is 0 Å². The lowest BCUT2D eigenvalue weighted by atomic mass is 9.78. The van der Waals surface area contributed by atoms with E-state index in [2.05, 4.69) is 10.00 Å². The molecule has 0 radical (unpaired) electrons. The van der Waals surface area contributed by atoms with Gasteiger partial charge in [0.1, 0.15) is 0 Å². The molecule has 2 aliphatic rings. The molecule has 2 unspecified atom stereocenters. The molecule has 0 N–H and O–H groups in total.